The van der Waals surface area contributed by atoms with E-state index in [4.69, 9.17) is 14.2 Å². The second-order valence-corrected chi connectivity index (χ2v) is 7.89. The van der Waals surface area contributed by atoms with Gasteiger partial charge in [-0.25, -0.2) is 13.1 Å². The van der Waals surface area contributed by atoms with E-state index in [-0.39, 0.29) is 11.7 Å². The average Bonchev–Trinajstić information content (AvgIpc) is 3.05. The molecule has 7 heteroatoms. The van der Waals surface area contributed by atoms with E-state index in [0.29, 0.717) is 36.6 Å². The Bertz CT molecular complexity index is 908. The Morgan fingerprint density at radius 1 is 1.08 bits per heavy atom. The molecule has 0 spiro atoms. The Kier molecular flexibility index (Phi) is 5.38. The van der Waals surface area contributed by atoms with Crippen molar-refractivity contribution in [3.05, 3.63) is 47.0 Å². The summed E-state index contributed by atoms with van der Waals surface area (Å²) in [6, 6.07) is 9.05. The van der Waals surface area contributed by atoms with E-state index >= 15 is 0 Å². The van der Waals surface area contributed by atoms with E-state index in [2.05, 4.69) is 4.72 Å². The van der Waals surface area contributed by atoms with Gasteiger partial charge in [0, 0.05) is 6.54 Å². The van der Waals surface area contributed by atoms with Crippen LogP contribution in [0.3, 0.4) is 0 Å². The third-order valence-electron chi connectivity index (χ3n) is 4.20. The molecule has 140 valence electrons. The summed E-state index contributed by atoms with van der Waals surface area (Å²) in [5.41, 5.74) is 2.44. The number of fused-ring (bicyclic) bond motifs is 1. The molecule has 0 atom stereocenters. The Balaban J connectivity index is 1.68. The third-order valence-corrected chi connectivity index (χ3v) is 5.81. The molecule has 26 heavy (non-hydrogen) atoms. The van der Waals surface area contributed by atoms with E-state index in [0.717, 1.165) is 16.9 Å². The van der Waals surface area contributed by atoms with Crippen LogP contribution < -0.4 is 18.9 Å². The summed E-state index contributed by atoms with van der Waals surface area (Å²) in [6.07, 6.45) is 0.560. The summed E-state index contributed by atoms with van der Waals surface area (Å²) < 4.78 is 44.1. The van der Waals surface area contributed by atoms with Gasteiger partial charge in [-0.3, -0.25) is 0 Å². The lowest BCUT2D eigenvalue weighted by Gasteiger charge is -2.13. The van der Waals surface area contributed by atoms with Gasteiger partial charge in [0.15, 0.2) is 11.5 Å². The molecule has 0 saturated heterocycles. The highest BCUT2D eigenvalue weighted by Gasteiger charge is 2.19. The van der Waals surface area contributed by atoms with Crippen molar-refractivity contribution in [3.8, 4) is 17.2 Å². The summed E-state index contributed by atoms with van der Waals surface area (Å²) >= 11 is 0. The fourth-order valence-electron chi connectivity index (χ4n) is 2.87. The van der Waals surface area contributed by atoms with Gasteiger partial charge in [0.25, 0.3) is 0 Å². The minimum atomic E-state index is -3.59. The second kappa shape index (κ2) is 7.55. The summed E-state index contributed by atoms with van der Waals surface area (Å²) in [6.45, 7) is 6.58. The lowest BCUT2D eigenvalue weighted by Crippen LogP contribution is -2.26. The van der Waals surface area contributed by atoms with Gasteiger partial charge in [-0.1, -0.05) is 6.07 Å². The molecule has 1 aliphatic heterocycles. The van der Waals surface area contributed by atoms with Crippen molar-refractivity contribution >= 4 is 10.0 Å². The zero-order chi connectivity index (χ0) is 18.7. The van der Waals surface area contributed by atoms with E-state index in [1.165, 1.54) is 0 Å². The van der Waals surface area contributed by atoms with Crippen LogP contribution in [-0.2, 0) is 16.4 Å². The van der Waals surface area contributed by atoms with E-state index < -0.39 is 10.0 Å². The quantitative estimate of drug-likeness (QED) is 0.803. The number of rotatable bonds is 7. The second-order valence-electron chi connectivity index (χ2n) is 6.15. The fraction of sp³-hybridized carbons (Fsp3) is 0.368. The summed E-state index contributed by atoms with van der Waals surface area (Å²) in [5, 5.41) is 0. The average molecular weight is 377 g/mol. The van der Waals surface area contributed by atoms with Crippen LogP contribution in [-0.4, -0.2) is 28.4 Å². The van der Waals surface area contributed by atoms with Gasteiger partial charge in [-0.05, 0) is 68.1 Å². The molecule has 0 fully saturated rings. The maximum absolute atomic E-state index is 12.7. The molecule has 2 aromatic carbocycles. The minimum absolute atomic E-state index is 0.224. The summed E-state index contributed by atoms with van der Waals surface area (Å²) in [7, 11) is -3.59. The topological polar surface area (TPSA) is 73.9 Å². The van der Waals surface area contributed by atoms with Gasteiger partial charge in [0.1, 0.15) is 5.75 Å². The molecular formula is C19H23NO5S. The molecule has 0 saturated carbocycles. The van der Waals surface area contributed by atoms with E-state index in [9.17, 15) is 8.42 Å². The van der Waals surface area contributed by atoms with Crippen LogP contribution in [0, 0.1) is 13.8 Å². The number of nitrogens with one attached hydrogen (secondary N) is 1. The van der Waals surface area contributed by atoms with Gasteiger partial charge in [0.05, 0.1) is 11.5 Å². The van der Waals surface area contributed by atoms with Crippen LogP contribution in [0.2, 0.25) is 0 Å². The molecule has 6 nitrogen and oxygen atoms in total. The molecule has 0 bridgehead atoms. The molecule has 0 amide bonds. The van der Waals surface area contributed by atoms with Gasteiger partial charge >= 0.3 is 0 Å². The van der Waals surface area contributed by atoms with E-state index in [1.807, 2.05) is 32.0 Å². The zero-order valence-electron chi connectivity index (χ0n) is 15.2. The monoisotopic (exact) mass is 377 g/mol. The van der Waals surface area contributed by atoms with Gasteiger partial charge in [0.2, 0.25) is 16.8 Å². The predicted octanol–water partition coefficient (Wildman–Crippen LogP) is 2.95. The Morgan fingerprint density at radius 3 is 2.62 bits per heavy atom. The highest BCUT2D eigenvalue weighted by Crippen LogP contribution is 2.32. The summed E-state index contributed by atoms with van der Waals surface area (Å²) in [4.78, 5) is 0.282. The predicted molar refractivity (Wildman–Crippen MR) is 98.5 cm³/mol. The Morgan fingerprint density at radius 2 is 1.85 bits per heavy atom. The number of sulfonamides is 1. The number of hydrogen-bond donors (Lipinski definition) is 1. The van der Waals surface area contributed by atoms with E-state index in [1.54, 1.807) is 19.1 Å². The molecule has 3 rings (SSSR count). The molecule has 2 aromatic rings. The van der Waals surface area contributed by atoms with Crippen LogP contribution in [0.4, 0.5) is 0 Å². The number of benzene rings is 2. The number of ether oxygens (including phenoxy) is 3. The summed E-state index contributed by atoms with van der Waals surface area (Å²) in [5.74, 6) is 2.13. The fourth-order valence-corrected chi connectivity index (χ4v) is 4.21. The van der Waals surface area contributed by atoms with Crippen molar-refractivity contribution in [3.63, 3.8) is 0 Å². The molecule has 0 unspecified atom stereocenters. The van der Waals surface area contributed by atoms with Gasteiger partial charge < -0.3 is 14.2 Å². The molecule has 0 aliphatic carbocycles. The van der Waals surface area contributed by atoms with Crippen molar-refractivity contribution in [1.29, 1.82) is 0 Å². The van der Waals surface area contributed by atoms with Gasteiger partial charge in [-0.15, -0.1) is 0 Å². The minimum Gasteiger partial charge on any atom is -0.494 e. The van der Waals surface area contributed by atoms with Crippen LogP contribution in [0.25, 0.3) is 0 Å². The van der Waals surface area contributed by atoms with Crippen molar-refractivity contribution in [2.24, 2.45) is 0 Å². The molecule has 0 aromatic heterocycles. The number of aryl methyl sites for hydroxylation is 2. The highest BCUT2D eigenvalue weighted by atomic mass is 32.2. The maximum Gasteiger partial charge on any atom is 0.240 e. The lowest BCUT2D eigenvalue weighted by molar-refractivity contribution is 0.174. The lowest BCUT2D eigenvalue weighted by atomic mass is 10.1. The molecule has 1 heterocycles. The SMILES string of the molecule is CCOc1cc(C)c(S(=O)(=O)NCCc2ccc3c(c2)OCO3)cc1C. The van der Waals surface area contributed by atoms with Crippen LogP contribution in [0.15, 0.2) is 35.2 Å². The van der Waals surface area contributed by atoms with Crippen molar-refractivity contribution in [1.82, 2.24) is 4.72 Å². The van der Waals surface area contributed by atoms with Crippen molar-refractivity contribution in [2.45, 2.75) is 32.1 Å². The molecule has 0 radical (unpaired) electrons. The first-order valence-electron chi connectivity index (χ1n) is 8.53. The first-order valence-corrected chi connectivity index (χ1v) is 10.0. The molecule has 1 aliphatic rings. The third kappa shape index (κ3) is 3.94. The first-order chi connectivity index (χ1) is 12.4. The number of hydrogen-bond acceptors (Lipinski definition) is 5. The van der Waals surface area contributed by atoms with Gasteiger partial charge in [-0.2, -0.15) is 0 Å². The normalized spacial score (nSPS) is 13.0. The van der Waals surface area contributed by atoms with Crippen LogP contribution in [0.5, 0.6) is 17.2 Å². The Labute approximate surface area is 154 Å². The van der Waals surface area contributed by atoms with Crippen molar-refractivity contribution in [2.75, 3.05) is 19.9 Å². The largest absolute Gasteiger partial charge is 0.494 e. The highest BCUT2D eigenvalue weighted by molar-refractivity contribution is 7.89. The Hall–Kier alpha value is -2.25. The van der Waals surface area contributed by atoms with Crippen molar-refractivity contribution < 1.29 is 22.6 Å². The molecular weight excluding hydrogens is 354 g/mol. The smallest absolute Gasteiger partial charge is 0.240 e. The van der Waals surface area contributed by atoms with Crippen LogP contribution in [0.1, 0.15) is 23.6 Å². The first kappa shape index (κ1) is 18.5. The standard InChI is InChI=1S/C19H23NO5S/c1-4-23-17-9-14(3)19(10-13(17)2)26(21,22)20-8-7-15-5-6-16-18(11-15)25-12-24-16/h5-6,9-11,20H,4,7-8,12H2,1-3H3. The van der Waals surface area contributed by atoms with Crippen LogP contribution >= 0.6 is 0 Å². The maximum atomic E-state index is 12.7. The zero-order valence-corrected chi connectivity index (χ0v) is 16.0. The molecule has 1 N–H and O–H groups in total.